The zero-order valence-electron chi connectivity index (χ0n) is 13.2. The van der Waals surface area contributed by atoms with Gasteiger partial charge in [0, 0.05) is 19.6 Å². The number of alkyl halides is 3. The molecule has 0 aromatic rings. The number of hydrogen-bond donors (Lipinski definition) is 2. The molecule has 2 rings (SSSR count). The summed E-state index contributed by atoms with van der Waals surface area (Å²) in [4.78, 5) is 24.1. The molecule has 23 heavy (non-hydrogen) atoms. The van der Waals surface area contributed by atoms with E-state index >= 15 is 0 Å². The predicted octanol–water partition coefficient (Wildman–Crippen LogP) is 2.86. The molecule has 0 aromatic heterocycles. The van der Waals surface area contributed by atoms with Gasteiger partial charge in [-0.3, -0.25) is 4.79 Å². The lowest BCUT2D eigenvalue weighted by Gasteiger charge is -2.34. The van der Waals surface area contributed by atoms with Crippen LogP contribution in [0.3, 0.4) is 0 Å². The number of nitrogens with zero attached hydrogens (tertiary/aromatic N) is 1. The molecular formula is C15H23F3N2O3. The van der Waals surface area contributed by atoms with Crippen molar-refractivity contribution in [1.29, 1.82) is 0 Å². The minimum Gasteiger partial charge on any atom is -0.481 e. The van der Waals surface area contributed by atoms with E-state index in [2.05, 4.69) is 12.2 Å². The first-order valence-electron chi connectivity index (χ1n) is 7.95. The third-order valence-electron chi connectivity index (χ3n) is 5.07. The van der Waals surface area contributed by atoms with E-state index in [4.69, 9.17) is 5.11 Å². The van der Waals surface area contributed by atoms with E-state index < -0.39 is 43.1 Å². The largest absolute Gasteiger partial charge is 0.481 e. The van der Waals surface area contributed by atoms with Crippen molar-refractivity contribution in [3.05, 3.63) is 0 Å². The van der Waals surface area contributed by atoms with Gasteiger partial charge in [0.05, 0.1) is 11.8 Å². The molecule has 0 unspecified atom stereocenters. The zero-order chi connectivity index (χ0) is 17.3. The molecule has 1 heterocycles. The van der Waals surface area contributed by atoms with Gasteiger partial charge < -0.3 is 15.3 Å². The number of carboxylic acids is 1. The van der Waals surface area contributed by atoms with Gasteiger partial charge in [-0.25, -0.2) is 4.79 Å². The highest BCUT2D eigenvalue weighted by atomic mass is 19.4. The highest BCUT2D eigenvalue weighted by molar-refractivity contribution is 5.77. The quantitative estimate of drug-likeness (QED) is 0.833. The Kier molecular flexibility index (Phi) is 5.10. The number of carbonyl (C=O) groups excluding carboxylic acids is 1. The van der Waals surface area contributed by atoms with Crippen LogP contribution >= 0.6 is 0 Å². The smallest absolute Gasteiger partial charge is 0.394 e. The molecule has 8 heteroatoms. The second-order valence-electron chi connectivity index (χ2n) is 7.03. The Balaban J connectivity index is 1.93. The molecule has 132 valence electrons. The molecule has 1 aliphatic carbocycles. The first kappa shape index (κ1) is 17.9. The minimum atomic E-state index is -4.62. The van der Waals surface area contributed by atoms with Crippen molar-refractivity contribution < 1.29 is 27.9 Å². The Hall–Kier alpha value is -1.47. The average molecular weight is 336 g/mol. The number of carboxylic acid groups (broad SMARTS) is 1. The monoisotopic (exact) mass is 336 g/mol. The molecule has 0 spiro atoms. The van der Waals surface area contributed by atoms with Crippen molar-refractivity contribution in [2.45, 2.75) is 45.2 Å². The van der Waals surface area contributed by atoms with Crippen molar-refractivity contribution in [1.82, 2.24) is 10.2 Å². The highest BCUT2D eigenvalue weighted by Gasteiger charge is 2.53. The lowest BCUT2D eigenvalue weighted by Crippen LogP contribution is -2.44. The first-order chi connectivity index (χ1) is 10.6. The standard InChI is InChI=1S/C15H23F3N2O3/c1-14(5-3-2-4-6-14)9-19-13(23)20-7-10(12(21)22)11(8-20)15(16,17)18/h10-11H,2-9H2,1H3,(H,19,23)(H,21,22)/t10-,11-/m1/s1. The summed E-state index contributed by atoms with van der Waals surface area (Å²) in [5, 5.41) is 11.7. The van der Waals surface area contributed by atoms with Gasteiger partial charge in [-0.1, -0.05) is 26.2 Å². The highest BCUT2D eigenvalue weighted by Crippen LogP contribution is 2.38. The molecule has 1 saturated carbocycles. The molecular weight excluding hydrogens is 313 g/mol. The van der Waals surface area contributed by atoms with Gasteiger partial charge in [0.25, 0.3) is 0 Å². The molecule has 0 radical (unpaired) electrons. The summed E-state index contributed by atoms with van der Waals surface area (Å²) >= 11 is 0. The maximum atomic E-state index is 12.9. The Morgan fingerprint density at radius 3 is 2.30 bits per heavy atom. The fraction of sp³-hybridized carbons (Fsp3) is 0.867. The molecule has 2 amide bonds. The van der Waals surface area contributed by atoms with Crippen LogP contribution in [0.1, 0.15) is 39.0 Å². The molecule has 2 fully saturated rings. The predicted molar refractivity (Wildman–Crippen MR) is 76.8 cm³/mol. The summed E-state index contributed by atoms with van der Waals surface area (Å²) < 4.78 is 38.8. The summed E-state index contributed by atoms with van der Waals surface area (Å²) in [7, 11) is 0. The second-order valence-corrected chi connectivity index (χ2v) is 7.03. The van der Waals surface area contributed by atoms with Crippen molar-refractivity contribution in [3.8, 4) is 0 Å². The van der Waals surface area contributed by atoms with Crippen LogP contribution in [-0.4, -0.2) is 47.8 Å². The number of hydrogen-bond acceptors (Lipinski definition) is 2. The van der Waals surface area contributed by atoms with Gasteiger partial charge in [-0.2, -0.15) is 13.2 Å². The van der Waals surface area contributed by atoms with E-state index in [1.165, 1.54) is 6.42 Å². The number of aliphatic carboxylic acids is 1. The summed E-state index contributed by atoms with van der Waals surface area (Å²) in [6.45, 7) is 1.48. The minimum absolute atomic E-state index is 0.0245. The van der Waals surface area contributed by atoms with Crippen LogP contribution in [0.5, 0.6) is 0 Å². The van der Waals surface area contributed by atoms with Gasteiger partial charge in [0.1, 0.15) is 0 Å². The van der Waals surface area contributed by atoms with E-state index in [-0.39, 0.29) is 5.41 Å². The van der Waals surface area contributed by atoms with Crippen LogP contribution in [0.15, 0.2) is 0 Å². The van der Waals surface area contributed by atoms with Gasteiger partial charge in [0.2, 0.25) is 0 Å². The van der Waals surface area contributed by atoms with Crippen LogP contribution < -0.4 is 5.32 Å². The first-order valence-corrected chi connectivity index (χ1v) is 7.95. The molecule has 2 N–H and O–H groups in total. The van der Waals surface area contributed by atoms with Gasteiger partial charge in [-0.15, -0.1) is 0 Å². The number of nitrogens with one attached hydrogen (secondary N) is 1. The Labute approximate surface area is 133 Å². The number of urea groups is 1. The van der Waals surface area contributed by atoms with E-state index in [1.54, 1.807) is 0 Å². The molecule has 2 atom stereocenters. The van der Waals surface area contributed by atoms with E-state index in [0.717, 1.165) is 30.6 Å². The van der Waals surface area contributed by atoms with Crippen LogP contribution in [0.25, 0.3) is 0 Å². The molecule has 5 nitrogen and oxygen atoms in total. The van der Waals surface area contributed by atoms with Gasteiger partial charge in [0.15, 0.2) is 0 Å². The van der Waals surface area contributed by atoms with Crippen LogP contribution in [0.2, 0.25) is 0 Å². The third kappa shape index (κ3) is 4.29. The average Bonchev–Trinajstić information content (AvgIpc) is 2.91. The number of rotatable bonds is 3. The number of likely N-dealkylation sites (tertiary alicyclic amines) is 1. The van der Waals surface area contributed by atoms with E-state index in [1.807, 2.05) is 0 Å². The normalized spacial score (nSPS) is 27.7. The molecule has 1 aliphatic heterocycles. The van der Waals surface area contributed by atoms with Crippen molar-refractivity contribution in [3.63, 3.8) is 0 Å². The summed E-state index contributed by atoms with van der Waals surface area (Å²) in [5.74, 6) is -5.11. The second kappa shape index (κ2) is 6.57. The van der Waals surface area contributed by atoms with E-state index in [0.29, 0.717) is 6.54 Å². The number of carbonyl (C=O) groups is 2. The molecule has 0 aromatic carbocycles. The topological polar surface area (TPSA) is 69.6 Å². The fourth-order valence-corrected chi connectivity index (χ4v) is 3.53. The number of halogens is 3. The lowest BCUT2D eigenvalue weighted by molar-refractivity contribution is -0.187. The third-order valence-corrected chi connectivity index (χ3v) is 5.07. The van der Waals surface area contributed by atoms with Crippen molar-refractivity contribution >= 4 is 12.0 Å². The van der Waals surface area contributed by atoms with Crippen LogP contribution in [0.4, 0.5) is 18.0 Å². The van der Waals surface area contributed by atoms with Crippen molar-refractivity contribution in [2.24, 2.45) is 17.3 Å². The summed E-state index contributed by atoms with van der Waals surface area (Å²) in [6, 6.07) is -0.602. The zero-order valence-corrected chi connectivity index (χ0v) is 13.2. The van der Waals surface area contributed by atoms with Crippen LogP contribution in [0, 0.1) is 17.3 Å². The number of amides is 2. The summed E-state index contributed by atoms with van der Waals surface area (Å²) in [6.07, 6.45) is 0.698. The van der Waals surface area contributed by atoms with E-state index in [9.17, 15) is 22.8 Å². The molecule has 1 saturated heterocycles. The molecule has 2 aliphatic rings. The Morgan fingerprint density at radius 1 is 1.22 bits per heavy atom. The Bertz CT molecular complexity index is 461. The maximum Gasteiger partial charge on any atom is 0.394 e. The maximum absolute atomic E-state index is 12.9. The lowest BCUT2D eigenvalue weighted by atomic mass is 9.76. The summed E-state index contributed by atoms with van der Waals surface area (Å²) in [5.41, 5.74) is -0.0245. The van der Waals surface area contributed by atoms with Crippen LogP contribution in [-0.2, 0) is 4.79 Å². The Morgan fingerprint density at radius 2 is 1.83 bits per heavy atom. The SMILES string of the molecule is CC1(CNC(=O)N2C[C@@H](C(F)(F)F)[C@H](C(=O)O)C2)CCCCC1. The van der Waals surface area contributed by atoms with Crippen molar-refractivity contribution in [2.75, 3.05) is 19.6 Å². The van der Waals surface area contributed by atoms with Gasteiger partial charge in [-0.05, 0) is 18.3 Å². The molecule has 0 bridgehead atoms. The fourth-order valence-electron chi connectivity index (χ4n) is 3.53. The van der Waals surface area contributed by atoms with Gasteiger partial charge >= 0.3 is 18.2 Å².